The minimum Gasteiger partial charge on any atom is -0.351 e. The number of benzene rings is 1. The van der Waals surface area contributed by atoms with E-state index in [4.69, 9.17) is 28.9 Å². The molecule has 0 saturated carbocycles. The quantitative estimate of drug-likeness (QED) is 0.866. The van der Waals surface area contributed by atoms with E-state index in [-0.39, 0.29) is 10.4 Å². The van der Waals surface area contributed by atoms with Crippen molar-refractivity contribution in [3.63, 3.8) is 0 Å². The van der Waals surface area contributed by atoms with Gasteiger partial charge in [-0.3, -0.25) is 5.10 Å². The van der Waals surface area contributed by atoms with Gasteiger partial charge < -0.3 is 5.73 Å². The smallest absolute Gasteiger partial charge is 0.325 e. The Morgan fingerprint density at radius 3 is 2.52 bits per heavy atom. The maximum atomic E-state index is 11.8. The highest BCUT2D eigenvalue weighted by Crippen LogP contribution is 2.36. The number of anilines is 2. The van der Waals surface area contributed by atoms with Gasteiger partial charge in [0.15, 0.2) is 0 Å². The first-order valence-corrected chi connectivity index (χ1v) is 7.07. The Labute approximate surface area is 133 Å². The fourth-order valence-corrected chi connectivity index (χ4v) is 2.22. The molecule has 0 fully saturated rings. The van der Waals surface area contributed by atoms with Crippen LogP contribution in [0.4, 0.5) is 16.3 Å². The van der Waals surface area contributed by atoms with Crippen LogP contribution in [0.25, 0.3) is 0 Å². The fourth-order valence-electron chi connectivity index (χ4n) is 1.84. The van der Waals surface area contributed by atoms with Crippen LogP contribution in [-0.2, 0) is 5.41 Å². The van der Waals surface area contributed by atoms with Crippen molar-refractivity contribution in [2.75, 3.05) is 4.90 Å². The number of urea groups is 1. The van der Waals surface area contributed by atoms with Gasteiger partial charge in [0.1, 0.15) is 5.82 Å². The summed E-state index contributed by atoms with van der Waals surface area (Å²) in [6, 6.07) is 6.09. The molecule has 112 valence electrons. The average Bonchev–Trinajstić information content (AvgIpc) is 2.83. The van der Waals surface area contributed by atoms with Gasteiger partial charge in [-0.25, -0.2) is 9.69 Å². The summed E-state index contributed by atoms with van der Waals surface area (Å²) >= 11 is 12.2. The van der Waals surface area contributed by atoms with Crippen LogP contribution in [0.2, 0.25) is 10.0 Å². The molecule has 2 amide bonds. The van der Waals surface area contributed by atoms with Gasteiger partial charge in [-0.2, -0.15) is 5.10 Å². The van der Waals surface area contributed by atoms with Crippen LogP contribution in [0.1, 0.15) is 26.5 Å². The molecule has 1 heterocycles. The second kappa shape index (κ2) is 5.58. The van der Waals surface area contributed by atoms with Crippen LogP contribution in [0, 0.1) is 0 Å². The molecule has 0 aliphatic rings. The van der Waals surface area contributed by atoms with Gasteiger partial charge in [-0.1, -0.05) is 50.0 Å². The number of hydrogen-bond donors (Lipinski definition) is 2. The highest BCUT2D eigenvalue weighted by Gasteiger charge is 2.24. The summed E-state index contributed by atoms with van der Waals surface area (Å²) in [7, 11) is 0. The van der Waals surface area contributed by atoms with E-state index >= 15 is 0 Å². The standard InChI is InChI=1S/C14H16Cl2N4O/c1-14(2,3)10-7-11(19-18-10)20(13(17)21)9-6-4-5-8(15)12(9)16/h4-7H,1-3H3,(H2,17,21)(H,18,19). The molecule has 7 heteroatoms. The Morgan fingerprint density at radius 2 is 2.00 bits per heavy atom. The van der Waals surface area contributed by atoms with Gasteiger partial charge >= 0.3 is 6.03 Å². The van der Waals surface area contributed by atoms with E-state index in [9.17, 15) is 4.79 Å². The number of nitrogens with zero attached hydrogens (tertiary/aromatic N) is 2. The van der Waals surface area contributed by atoms with Crippen molar-refractivity contribution in [3.8, 4) is 0 Å². The zero-order valence-electron chi connectivity index (χ0n) is 11.9. The number of nitrogens with one attached hydrogen (secondary N) is 1. The number of amides is 2. The molecule has 0 unspecified atom stereocenters. The lowest BCUT2D eigenvalue weighted by Gasteiger charge is -2.20. The van der Waals surface area contributed by atoms with Crippen LogP contribution in [0.3, 0.4) is 0 Å². The van der Waals surface area contributed by atoms with E-state index in [1.165, 1.54) is 4.90 Å². The number of H-pyrrole nitrogens is 1. The molecule has 1 aromatic carbocycles. The molecule has 0 bridgehead atoms. The first-order chi connectivity index (χ1) is 9.71. The molecule has 0 spiro atoms. The van der Waals surface area contributed by atoms with Crippen LogP contribution in [0.15, 0.2) is 24.3 Å². The van der Waals surface area contributed by atoms with E-state index in [2.05, 4.69) is 10.2 Å². The molecule has 0 atom stereocenters. The minimum absolute atomic E-state index is 0.157. The summed E-state index contributed by atoms with van der Waals surface area (Å²) in [6.45, 7) is 6.07. The molecule has 1 aromatic heterocycles. The number of halogens is 2. The summed E-state index contributed by atoms with van der Waals surface area (Å²) in [4.78, 5) is 13.1. The number of aromatic amines is 1. The van der Waals surface area contributed by atoms with E-state index in [0.29, 0.717) is 16.5 Å². The third-order valence-corrected chi connectivity index (χ3v) is 3.78. The van der Waals surface area contributed by atoms with Crippen LogP contribution in [0.5, 0.6) is 0 Å². The average molecular weight is 327 g/mol. The molecular weight excluding hydrogens is 311 g/mol. The summed E-state index contributed by atoms with van der Waals surface area (Å²) < 4.78 is 0. The number of hydrogen-bond acceptors (Lipinski definition) is 2. The molecule has 5 nitrogen and oxygen atoms in total. The molecule has 21 heavy (non-hydrogen) atoms. The van der Waals surface area contributed by atoms with Gasteiger partial charge in [0, 0.05) is 11.5 Å². The van der Waals surface area contributed by atoms with E-state index in [1.807, 2.05) is 20.8 Å². The first kappa shape index (κ1) is 15.7. The molecular formula is C14H16Cl2N4O. The molecule has 2 aromatic rings. The van der Waals surface area contributed by atoms with Crippen LogP contribution in [-0.4, -0.2) is 16.2 Å². The lowest BCUT2D eigenvalue weighted by atomic mass is 9.92. The van der Waals surface area contributed by atoms with E-state index < -0.39 is 6.03 Å². The number of aromatic nitrogens is 2. The number of carbonyl (C=O) groups is 1. The molecule has 2 rings (SSSR count). The second-order valence-electron chi connectivity index (χ2n) is 5.64. The summed E-state index contributed by atoms with van der Waals surface area (Å²) in [6.07, 6.45) is 0. The van der Waals surface area contributed by atoms with Crippen LogP contribution < -0.4 is 10.6 Å². The maximum absolute atomic E-state index is 11.8. The maximum Gasteiger partial charge on any atom is 0.325 e. The van der Waals surface area contributed by atoms with Gasteiger partial charge in [-0.05, 0) is 12.1 Å². The van der Waals surface area contributed by atoms with Gasteiger partial charge in [0.05, 0.1) is 21.4 Å². The highest BCUT2D eigenvalue weighted by molar-refractivity contribution is 6.44. The van der Waals surface area contributed by atoms with Crippen molar-refractivity contribution < 1.29 is 4.79 Å². The highest BCUT2D eigenvalue weighted by atomic mass is 35.5. The Bertz CT molecular complexity index is 676. The predicted molar refractivity (Wildman–Crippen MR) is 85.5 cm³/mol. The minimum atomic E-state index is -0.678. The van der Waals surface area contributed by atoms with Crippen molar-refractivity contribution >= 4 is 40.7 Å². The van der Waals surface area contributed by atoms with Gasteiger partial charge in [0.25, 0.3) is 0 Å². The molecule has 0 saturated heterocycles. The number of primary amides is 1. The molecule has 0 radical (unpaired) electrons. The Kier molecular flexibility index (Phi) is 4.16. The van der Waals surface area contributed by atoms with E-state index in [0.717, 1.165) is 5.69 Å². The molecule has 0 aliphatic heterocycles. The lowest BCUT2D eigenvalue weighted by Crippen LogP contribution is -2.32. The summed E-state index contributed by atoms with van der Waals surface area (Å²) in [5, 5.41) is 7.63. The second-order valence-corrected chi connectivity index (χ2v) is 6.42. The fraction of sp³-hybridized carbons (Fsp3) is 0.286. The third-order valence-electron chi connectivity index (χ3n) is 2.97. The van der Waals surface area contributed by atoms with Crippen molar-refractivity contribution in [1.29, 1.82) is 0 Å². The normalized spacial score (nSPS) is 11.5. The summed E-state index contributed by atoms with van der Waals surface area (Å²) in [5.74, 6) is 0.441. The van der Waals surface area contributed by atoms with Gasteiger partial charge in [0.2, 0.25) is 0 Å². The van der Waals surface area contributed by atoms with Crippen molar-refractivity contribution in [1.82, 2.24) is 10.2 Å². The lowest BCUT2D eigenvalue weighted by molar-refractivity contribution is 0.256. The SMILES string of the molecule is CC(C)(C)c1cc(N(C(N)=O)c2cccc(Cl)c2Cl)[nH]n1. The number of rotatable bonds is 2. The van der Waals surface area contributed by atoms with Crippen molar-refractivity contribution in [2.45, 2.75) is 26.2 Å². The number of nitrogens with two attached hydrogens (primary N) is 1. The zero-order valence-corrected chi connectivity index (χ0v) is 13.5. The Morgan fingerprint density at radius 1 is 1.33 bits per heavy atom. The monoisotopic (exact) mass is 326 g/mol. The number of carbonyl (C=O) groups excluding carboxylic acids is 1. The zero-order chi connectivity index (χ0) is 15.8. The van der Waals surface area contributed by atoms with Crippen LogP contribution >= 0.6 is 23.2 Å². The van der Waals surface area contributed by atoms with Crippen molar-refractivity contribution in [3.05, 3.63) is 40.0 Å². The molecule has 0 aliphatic carbocycles. The van der Waals surface area contributed by atoms with E-state index in [1.54, 1.807) is 24.3 Å². The topological polar surface area (TPSA) is 75.0 Å². The van der Waals surface area contributed by atoms with Gasteiger partial charge in [-0.15, -0.1) is 0 Å². The predicted octanol–water partition coefficient (Wildman–Crippen LogP) is 4.23. The Hall–Kier alpha value is -1.72. The largest absolute Gasteiger partial charge is 0.351 e. The Balaban J connectivity index is 2.52. The third kappa shape index (κ3) is 3.14. The van der Waals surface area contributed by atoms with Crippen molar-refractivity contribution in [2.24, 2.45) is 5.73 Å². The first-order valence-electron chi connectivity index (χ1n) is 6.31. The molecule has 3 N–H and O–H groups in total. The summed E-state index contributed by atoms with van der Waals surface area (Å²) in [5.41, 5.74) is 6.53.